The van der Waals surface area contributed by atoms with Gasteiger partial charge < -0.3 is 4.48 Å². The summed E-state index contributed by atoms with van der Waals surface area (Å²) in [4.78, 5) is 4.30. The van der Waals surface area contributed by atoms with Crippen molar-refractivity contribution in [3.05, 3.63) is 0 Å². The molecule has 0 aromatic heterocycles. The van der Waals surface area contributed by atoms with E-state index in [-0.39, 0.29) is 6.17 Å². The molecule has 0 rings (SSSR count). The molecule has 0 aliphatic heterocycles. The van der Waals surface area contributed by atoms with Gasteiger partial charge in [0, 0.05) is 13.0 Å². The van der Waals surface area contributed by atoms with Gasteiger partial charge in [0.15, 0.2) is 0 Å². The number of nitrogens with zero attached hydrogens (tertiary/aromatic N) is 2. The summed E-state index contributed by atoms with van der Waals surface area (Å²) in [6.45, 7) is 3.01. The lowest BCUT2D eigenvalue weighted by atomic mass is 10.3. The number of quaternary nitrogens is 1. The molecule has 0 amide bonds. The highest BCUT2D eigenvalue weighted by atomic mass is 15.4. The lowest BCUT2D eigenvalue weighted by molar-refractivity contribution is -0.896. The van der Waals surface area contributed by atoms with Crippen LogP contribution in [-0.4, -0.2) is 44.6 Å². The van der Waals surface area contributed by atoms with Gasteiger partial charge in [0.25, 0.3) is 0 Å². The molecule has 1 atom stereocenters. The van der Waals surface area contributed by atoms with Crippen molar-refractivity contribution in [2.45, 2.75) is 32.4 Å². The number of unbranched alkanes of at least 4 members (excludes halogenated alkanes) is 1. The van der Waals surface area contributed by atoms with Crippen LogP contribution in [0.2, 0.25) is 0 Å². The first-order valence-corrected chi connectivity index (χ1v) is 5.03. The summed E-state index contributed by atoms with van der Waals surface area (Å²) >= 11 is 0. The molecule has 3 heteroatoms. The molecule has 13 heavy (non-hydrogen) atoms. The van der Waals surface area contributed by atoms with Crippen LogP contribution in [0.5, 0.6) is 0 Å². The van der Waals surface area contributed by atoms with E-state index in [1.165, 1.54) is 6.42 Å². The fraction of sp³-hybridized carbons (Fsp3) is 0.900. The second-order valence-corrected chi connectivity index (χ2v) is 4.35. The fourth-order valence-corrected chi connectivity index (χ4v) is 0.906. The van der Waals surface area contributed by atoms with Crippen molar-refractivity contribution in [3.63, 3.8) is 0 Å². The molecule has 0 aromatic rings. The molecule has 0 fully saturated rings. The van der Waals surface area contributed by atoms with Crippen LogP contribution in [-0.2, 0) is 0 Å². The summed E-state index contributed by atoms with van der Waals surface area (Å²) in [6.07, 6.45) is 5.41. The zero-order valence-electron chi connectivity index (χ0n) is 9.45. The second kappa shape index (κ2) is 6.11. The molecule has 0 saturated carbocycles. The third-order valence-electron chi connectivity index (χ3n) is 2.10. The van der Waals surface area contributed by atoms with E-state index in [1.807, 2.05) is 6.21 Å². The predicted molar refractivity (Wildman–Crippen MR) is 58.9 cm³/mol. The van der Waals surface area contributed by atoms with Crippen LogP contribution >= 0.6 is 0 Å². The van der Waals surface area contributed by atoms with Gasteiger partial charge in [-0.25, -0.2) is 0 Å². The number of rotatable bonds is 6. The molecular weight excluding hydrogens is 162 g/mol. The molecule has 3 nitrogen and oxygen atoms in total. The Morgan fingerprint density at radius 3 is 2.46 bits per heavy atom. The molecule has 0 radical (unpaired) electrons. The van der Waals surface area contributed by atoms with Crippen molar-refractivity contribution in [3.8, 4) is 0 Å². The van der Waals surface area contributed by atoms with Gasteiger partial charge in [0.2, 0.25) is 0 Å². The average molecular weight is 186 g/mol. The quantitative estimate of drug-likeness (QED) is 0.378. The van der Waals surface area contributed by atoms with Crippen molar-refractivity contribution >= 4 is 6.21 Å². The summed E-state index contributed by atoms with van der Waals surface area (Å²) in [5.74, 6) is 0. The van der Waals surface area contributed by atoms with Crippen LogP contribution in [0.1, 0.15) is 26.2 Å². The lowest BCUT2D eigenvalue weighted by Crippen LogP contribution is -2.51. The highest BCUT2D eigenvalue weighted by Crippen LogP contribution is 2.00. The first kappa shape index (κ1) is 12.6. The van der Waals surface area contributed by atoms with E-state index in [0.717, 1.165) is 23.9 Å². The van der Waals surface area contributed by atoms with Gasteiger partial charge >= 0.3 is 0 Å². The smallest absolute Gasteiger partial charge is 0.141 e. The van der Waals surface area contributed by atoms with Crippen LogP contribution < -0.4 is 5.73 Å². The minimum absolute atomic E-state index is 0.193. The third kappa shape index (κ3) is 6.72. The molecule has 0 bridgehead atoms. The largest absolute Gasteiger partial charge is 0.316 e. The van der Waals surface area contributed by atoms with Crippen LogP contribution in [0, 0.1) is 0 Å². The normalized spacial score (nSPS) is 15.2. The number of hydrogen-bond donors (Lipinski definition) is 1. The second-order valence-electron chi connectivity index (χ2n) is 4.35. The van der Waals surface area contributed by atoms with Gasteiger partial charge in [-0.1, -0.05) is 13.3 Å². The molecule has 0 aliphatic carbocycles. The van der Waals surface area contributed by atoms with Crippen LogP contribution in [0.4, 0.5) is 0 Å². The van der Waals surface area contributed by atoms with Gasteiger partial charge in [-0.3, -0.25) is 10.7 Å². The fourth-order valence-electron chi connectivity index (χ4n) is 0.906. The van der Waals surface area contributed by atoms with Crippen molar-refractivity contribution in [1.82, 2.24) is 0 Å². The Morgan fingerprint density at radius 1 is 1.38 bits per heavy atom. The van der Waals surface area contributed by atoms with E-state index < -0.39 is 0 Å². The molecule has 0 heterocycles. The van der Waals surface area contributed by atoms with Crippen LogP contribution in [0.3, 0.4) is 0 Å². The standard InChI is InChI=1S/C10H24N3/c1-5-6-8-12-9-7-10(11)13(2,3)4/h8,10H,5-7,9,11H2,1-4H3/q+1. The number of nitrogens with two attached hydrogens (primary N) is 1. The Morgan fingerprint density at radius 2 is 2.00 bits per heavy atom. The Hall–Kier alpha value is -0.410. The monoisotopic (exact) mass is 186 g/mol. The molecule has 1 unspecified atom stereocenters. The first-order valence-electron chi connectivity index (χ1n) is 5.03. The Bertz CT molecular complexity index is 147. The number of hydrogen-bond acceptors (Lipinski definition) is 2. The van der Waals surface area contributed by atoms with Gasteiger partial charge in [-0.05, 0) is 12.6 Å². The minimum Gasteiger partial charge on any atom is -0.316 e. The van der Waals surface area contributed by atoms with E-state index in [9.17, 15) is 0 Å². The summed E-state index contributed by atoms with van der Waals surface area (Å²) in [5.41, 5.74) is 5.96. The van der Waals surface area contributed by atoms with Crippen molar-refractivity contribution in [2.75, 3.05) is 27.7 Å². The van der Waals surface area contributed by atoms with Gasteiger partial charge in [0.05, 0.1) is 21.1 Å². The Kier molecular flexibility index (Phi) is 5.91. The summed E-state index contributed by atoms with van der Waals surface area (Å²) < 4.78 is 0.809. The summed E-state index contributed by atoms with van der Waals surface area (Å²) in [6, 6.07) is 0. The van der Waals surface area contributed by atoms with E-state index in [0.29, 0.717) is 0 Å². The molecule has 0 aromatic carbocycles. The molecular formula is C10H24N3+. The summed E-state index contributed by atoms with van der Waals surface area (Å²) in [5, 5.41) is 0. The van der Waals surface area contributed by atoms with Crippen molar-refractivity contribution < 1.29 is 4.48 Å². The first-order chi connectivity index (χ1) is 5.98. The maximum absolute atomic E-state index is 5.96. The van der Waals surface area contributed by atoms with Gasteiger partial charge in [-0.15, -0.1) is 0 Å². The van der Waals surface area contributed by atoms with Crippen LogP contribution in [0.15, 0.2) is 4.99 Å². The lowest BCUT2D eigenvalue weighted by Gasteiger charge is -2.30. The molecule has 78 valence electrons. The topological polar surface area (TPSA) is 38.4 Å². The molecule has 0 aliphatic rings. The van der Waals surface area contributed by atoms with Crippen LogP contribution in [0.25, 0.3) is 0 Å². The zero-order valence-corrected chi connectivity index (χ0v) is 9.45. The molecule has 0 spiro atoms. The highest BCUT2D eigenvalue weighted by molar-refractivity contribution is 5.56. The van der Waals surface area contributed by atoms with E-state index in [2.05, 4.69) is 33.1 Å². The SMILES string of the molecule is CCCC=NCCC(N)[N+](C)(C)C. The van der Waals surface area contributed by atoms with Crippen molar-refractivity contribution in [1.29, 1.82) is 0 Å². The predicted octanol–water partition coefficient (Wildman–Crippen LogP) is 1.24. The van der Waals surface area contributed by atoms with E-state index in [1.54, 1.807) is 0 Å². The summed E-state index contributed by atoms with van der Waals surface area (Å²) in [7, 11) is 6.33. The van der Waals surface area contributed by atoms with E-state index >= 15 is 0 Å². The zero-order chi connectivity index (χ0) is 10.3. The van der Waals surface area contributed by atoms with Gasteiger partial charge in [-0.2, -0.15) is 0 Å². The Balaban J connectivity index is 3.53. The molecule has 2 N–H and O–H groups in total. The van der Waals surface area contributed by atoms with E-state index in [4.69, 9.17) is 5.73 Å². The molecule has 0 saturated heterocycles. The highest BCUT2D eigenvalue weighted by Gasteiger charge is 2.17. The average Bonchev–Trinajstić information content (AvgIpc) is 2.02. The maximum Gasteiger partial charge on any atom is 0.141 e. The Labute approximate surface area is 82.2 Å². The van der Waals surface area contributed by atoms with Gasteiger partial charge in [0.1, 0.15) is 6.17 Å². The minimum atomic E-state index is 0.193. The maximum atomic E-state index is 5.96. The third-order valence-corrected chi connectivity index (χ3v) is 2.10. The van der Waals surface area contributed by atoms with Crippen molar-refractivity contribution in [2.24, 2.45) is 10.7 Å². The number of aliphatic imine (C=N–C) groups is 1.